The number of halogens is 1. The van der Waals surface area contributed by atoms with Crippen molar-refractivity contribution in [2.75, 3.05) is 11.9 Å². The van der Waals surface area contributed by atoms with Crippen LogP contribution >= 0.6 is 22.9 Å². The molecule has 0 aliphatic heterocycles. The summed E-state index contributed by atoms with van der Waals surface area (Å²) < 4.78 is 12.0. The third kappa shape index (κ3) is 4.84. The van der Waals surface area contributed by atoms with Crippen LogP contribution in [0.4, 0.5) is 5.13 Å². The molecular weight excluding hydrogens is 440 g/mol. The van der Waals surface area contributed by atoms with Crippen LogP contribution in [0.25, 0.3) is 17.1 Å². The number of furan rings is 1. The van der Waals surface area contributed by atoms with Crippen molar-refractivity contribution in [3.63, 3.8) is 0 Å². The molecule has 0 bridgehead atoms. The van der Waals surface area contributed by atoms with E-state index < -0.39 is 5.91 Å². The lowest BCUT2D eigenvalue weighted by atomic mass is 10.2. The van der Waals surface area contributed by atoms with E-state index in [4.69, 9.17) is 20.8 Å². The number of hydrogen-bond acceptors (Lipinski definition) is 7. The Morgan fingerprint density at radius 3 is 2.87 bits per heavy atom. The van der Waals surface area contributed by atoms with Crippen LogP contribution in [0.1, 0.15) is 23.1 Å². The largest absolute Gasteiger partial charge is 0.466 e. The molecule has 0 radical (unpaired) electrons. The van der Waals surface area contributed by atoms with Gasteiger partial charge in [-0.2, -0.15) is 5.10 Å². The number of rotatable bonds is 7. The van der Waals surface area contributed by atoms with Crippen molar-refractivity contribution in [1.29, 1.82) is 0 Å². The van der Waals surface area contributed by atoms with Gasteiger partial charge in [0.2, 0.25) is 0 Å². The molecule has 3 heterocycles. The Balaban J connectivity index is 1.58. The Labute approximate surface area is 186 Å². The zero-order chi connectivity index (χ0) is 21.8. The van der Waals surface area contributed by atoms with E-state index >= 15 is 0 Å². The number of hydrogen-bond donors (Lipinski definition) is 1. The van der Waals surface area contributed by atoms with Crippen LogP contribution in [-0.2, 0) is 16.0 Å². The van der Waals surface area contributed by atoms with Gasteiger partial charge in [0.1, 0.15) is 5.69 Å². The number of nitrogens with zero attached hydrogens (tertiary/aromatic N) is 3. The number of thiazole rings is 1. The molecule has 0 aliphatic carbocycles. The summed E-state index contributed by atoms with van der Waals surface area (Å²) in [5.74, 6) is -0.253. The number of amides is 1. The van der Waals surface area contributed by atoms with Crippen LogP contribution in [0.2, 0.25) is 5.02 Å². The van der Waals surface area contributed by atoms with E-state index in [0.29, 0.717) is 39.6 Å². The maximum atomic E-state index is 12.8. The van der Waals surface area contributed by atoms with Gasteiger partial charge >= 0.3 is 5.97 Å². The molecule has 0 fully saturated rings. The van der Waals surface area contributed by atoms with E-state index in [-0.39, 0.29) is 18.1 Å². The predicted molar refractivity (Wildman–Crippen MR) is 117 cm³/mol. The van der Waals surface area contributed by atoms with Crippen LogP contribution in [0, 0.1) is 0 Å². The lowest BCUT2D eigenvalue weighted by molar-refractivity contribution is -0.142. The smallest absolute Gasteiger partial charge is 0.311 e. The first-order valence-corrected chi connectivity index (χ1v) is 10.6. The molecule has 1 aromatic carbocycles. The molecule has 8 nitrogen and oxygen atoms in total. The first-order chi connectivity index (χ1) is 15.0. The molecule has 1 N–H and O–H groups in total. The molecule has 0 spiro atoms. The highest BCUT2D eigenvalue weighted by Crippen LogP contribution is 2.26. The van der Waals surface area contributed by atoms with Crippen molar-refractivity contribution in [2.45, 2.75) is 13.3 Å². The zero-order valence-corrected chi connectivity index (χ0v) is 17.9. The number of carbonyl (C=O) groups is 2. The molecule has 0 saturated heterocycles. The van der Waals surface area contributed by atoms with Crippen molar-refractivity contribution < 1.29 is 18.7 Å². The highest BCUT2D eigenvalue weighted by atomic mass is 35.5. The SMILES string of the molecule is CCOC(=O)Cc1csc(NC(=O)c2cc(-c3ccco3)n(-c3cccc(Cl)c3)n2)n1. The third-order valence-electron chi connectivity index (χ3n) is 4.17. The molecule has 1 amide bonds. The second-order valence-corrected chi connectivity index (χ2v) is 7.66. The predicted octanol–water partition coefficient (Wildman–Crippen LogP) is 4.60. The summed E-state index contributed by atoms with van der Waals surface area (Å²) in [6, 6.07) is 12.3. The average Bonchev–Trinajstić information content (AvgIpc) is 3.49. The molecule has 31 heavy (non-hydrogen) atoms. The van der Waals surface area contributed by atoms with Gasteiger partial charge < -0.3 is 9.15 Å². The van der Waals surface area contributed by atoms with Crippen molar-refractivity contribution in [1.82, 2.24) is 14.8 Å². The van der Waals surface area contributed by atoms with E-state index in [0.717, 1.165) is 0 Å². The highest BCUT2D eigenvalue weighted by Gasteiger charge is 2.20. The van der Waals surface area contributed by atoms with Crippen LogP contribution in [-0.4, -0.2) is 33.2 Å². The first kappa shape index (κ1) is 20.8. The van der Waals surface area contributed by atoms with Gasteiger partial charge in [0.05, 0.1) is 30.7 Å². The van der Waals surface area contributed by atoms with Gasteiger partial charge in [0, 0.05) is 16.5 Å². The molecule has 0 aliphatic rings. The maximum absolute atomic E-state index is 12.8. The molecule has 4 aromatic rings. The minimum atomic E-state index is -0.439. The lowest BCUT2D eigenvalue weighted by Crippen LogP contribution is -2.13. The van der Waals surface area contributed by atoms with Crippen molar-refractivity contribution in [3.05, 3.63) is 70.5 Å². The number of nitrogens with one attached hydrogen (secondary N) is 1. The van der Waals surface area contributed by atoms with Gasteiger partial charge in [-0.15, -0.1) is 11.3 Å². The maximum Gasteiger partial charge on any atom is 0.311 e. The number of esters is 1. The minimum absolute atomic E-state index is 0.0479. The summed E-state index contributed by atoms with van der Waals surface area (Å²) in [7, 11) is 0. The third-order valence-corrected chi connectivity index (χ3v) is 5.21. The molecule has 3 aromatic heterocycles. The summed E-state index contributed by atoms with van der Waals surface area (Å²) in [4.78, 5) is 28.7. The van der Waals surface area contributed by atoms with Gasteiger partial charge in [0.15, 0.2) is 16.6 Å². The Morgan fingerprint density at radius 1 is 1.26 bits per heavy atom. The van der Waals surface area contributed by atoms with Gasteiger partial charge in [-0.25, -0.2) is 9.67 Å². The van der Waals surface area contributed by atoms with Gasteiger partial charge in [-0.1, -0.05) is 17.7 Å². The topological polar surface area (TPSA) is 99.2 Å². The molecule has 0 unspecified atom stereocenters. The number of anilines is 1. The molecular formula is C21H17ClN4O4S. The lowest BCUT2D eigenvalue weighted by Gasteiger charge is -2.05. The molecule has 0 saturated carbocycles. The summed E-state index contributed by atoms with van der Waals surface area (Å²) >= 11 is 7.34. The van der Waals surface area contributed by atoms with Crippen LogP contribution in [0.3, 0.4) is 0 Å². The summed E-state index contributed by atoms with van der Waals surface area (Å²) in [6.45, 7) is 2.05. The number of carbonyl (C=O) groups excluding carboxylic acids is 2. The second kappa shape index (κ2) is 9.15. The monoisotopic (exact) mass is 456 g/mol. The van der Waals surface area contributed by atoms with Gasteiger partial charge in [-0.3, -0.25) is 14.9 Å². The van der Waals surface area contributed by atoms with E-state index in [1.807, 2.05) is 6.07 Å². The fraction of sp³-hybridized carbons (Fsp3) is 0.143. The molecule has 0 atom stereocenters. The quantitative estimate of drug-likeness (QED) is 0.408. The van der Waals surface area contributed by atoms with Gasteiger partial charge in [-0.05, 0) is 37.3 Å². The van der Waals surface area contributed by atoms with E-state index in [2.05, 4.69) is 15.4 Å². The molecule has 10 heteroatoms. The Bertz CT molecular complexity index is 1220. The summed E-state index contributed by atoms with van der Waals surface area (Å²) in [5, 5.41) is 9.76. The van der Waals surface area contributed by atoms with Crippen LogP contribution in [0.5, 0.6) is 0 Å². The van der Waals surface area contributed by atoms with E-state index in [1.165, 1.54) is 11.3 Å². The average molecular weight is 457 g/mol. The van der Waals surface area contributed by atoms with E-state index in [9.17, 15) is 9.59 Å². The number of ether oxygens (including phenoxy) is 1. The van der Waals surface area contributed by atoms with Crippen molar-refractivity contribution in [2.24, 2.45) is 0 Å². The van der Waals surface area contributed by atoms with E-state index in [1.54, 1.807) is 59.6 Å². The van der Waals surface area contributed by atoms with Crippen molar-refractivity contribution in [3.8, 4) is 17.1 Å². The Kier molecular flexibility index (Phi) is 6.15. The number of aromatic nitrogens is 3. The Hall–Kier alpha value is -3.43. The fourth-order valence-corrected chi connectivity index (χ4v) is 3.75. The number of benzene rings is 1. The fourth-order valence-electron chi connectivity index (χ4n) is 2.86. The normalized spacial score (nSPS) is 10.8. The van der Waals surface area contributed by atoms with Crippen LogP contribution in [0.15, 0.2) is 58.5 Å². The highest BCUT2D eigenvalue weighted by molar-refractivity contribution is 7.14. The minimum Gasteiger partial charge on any atom is -0.466 e. The summed E-state index contributed by atoms with van der Waals surface area (Å²) in [5.41, 5.74) is 1.98. The first-order valence-electron chi connectivity index (χ1n) is 9.34. The molecule has 158 valence electrons. The van der Waals surface area contributed by atoms with Crippen molar-refractivity contribution >= 4 is 39.9 Å². The second-order valence-electron chi connectivity index (χ2n) is 6.36. The summed E-state index contributed by atoms with van der Waals surface area (Å²) in [6.07, 6.45) is 1.59. The zero-order valence-electron chi connectivity index (χ0n) is 16.4. The Morgan fingerprint density at radius 2 is 2.13 bits per heavy atom. The van der Waals surface area contributed by atoms with Crippen LogP contribution < -0.4 is 5.32 Å². The standard InChI is InChI=1S/C21H17ClN4O4S/c1-2-29-19(27)10-14-12-31-21(23-14)24-20(28)16-11-17(18-7-4-8-30-18)26(25-16)15-6-3-5-13(22)9-15/h3-9,11-12H,2,10H2,1H3,(H,23,24,28). The molecule has 4 rings (SSSR count). The van der Waals surface area contributed by atoms with Gasteiger partial charge in [0.25, 0.3) is 5.91 Å².